The first kappa shape index (κ1) is 13.3. The molecule has 0 aliphatic carbocycles. The number of likely N-dealkylation sites (N-methyl/N-ethyl adjacent to an activating group) is 1. The lowest BCUT2D eigenvalue weighted by Gasteiger charge is -2.21. The summed E-state index contributed by atoms with van der Waals surface area (Å²) in [5, 5.41) is 3.20. The van der Waals surface area contributed by atoms with E-state index in [1.54, 1.807) is 0 Å². The summed E-state index contributed by atoms with van der Waals surface area (Å²) in [6.07, 6.45) is 1.23. The average molecular weight is 248 g/mol. The molecule has 0 spiro atoms. The largest absolute Gasteiger partial charge is 0.355 e. The van der Waals surface area contributed by atoms with Crippen LogP contribution >= 0.6 is 0 Å². The number of hydrogen-bond donors (Lipinski definition) is 1. The van der Waals surface area contributed by atoms with Gasteiger partial charge in [-0.3, -0.25) is 0 Å². The van der Waals surface area contributed by atoms with Crippen molar-refractivity contribution in [2.24, 2.45) is 0 Å². The summed E-state index contributed by atoms with van der Waals surface area (Å²) in [7, 11) is 6.29. The van der Waals surface area contributed by atoms with Crippen LogP contribution in [0.3, 0.4) is 0 Å². The van der Waals surface area contributed by atoms with E-state index in [1.165, 1.54) is 12.0 Å². The topological polar surface area (TPSA) is 31.4 Å². The lowest BCUT2D eigenvalue weighted by atomic mass is 10.2. The van der Waals surface area contributed by atoms with E-state index in [1.807, 2.05) is 7.05 Å². The van der Waals surface area contributed by atoms with Gasteiger partial charge in [0.2, 0.25) is 0 Å². The molecule has 1 atom stereocenters. The maximum atomic E-state index is 4.67. The van der Waals surface area contributed by atoms with Gasteiger partial charge in [0.05, 0.1) is 0 Å². The van der Waals surface area contributed by atoms with E-state index < -0.39 is 0 Å². The number of pyridine rings is 1. The third kappa shape index (κ3) is 3.00. The highest BCUT2D eigenvalue weighted by Gasteiger charge is 2.24. The van der Waals surface area contributed by atoms with E-state index >= 15 is 0 Å². The lowest BCUT2D eigenvalue weighted by Crippen LogP contribution is -2.31. The predicted molar refractivity (Wildman–Crippen MR) is 76.0 cm³/mol. The van der Waals surface area contributed by atoms with Gasteiger partial charge in [0, 0.05) is 31.4 Å². The van der Waals surface area contributed by atoms with Gasteiger partial charge in [-0.25, -0.2) is 4.98 Å². The molecule has 0 bridgehead atoms. The number of nitrogens with one attached hydrogen (secondary N) is 1. The van der Waals surface area contributed by atoms with Crippen molar-refractivity contribution in [3.05, 3.63) is 23.4 Å². The van der Waals surface area contributed by atoms with Crippen LogP contribution in [0.25, 0.3) is 0 Å². The molecule has 1 unspecified atom stereocenters. The number of hydrogen-bond acceptors (Lipinski definition) is 4. The molecule has 1 aromatic heterocycles. The smallest absolute Gasteiger partial charge is 0.129 e. The van der Waals surface area contributed by atoms with Crippen LogP contribution in [0.15, 0.2) is 12.1 Å². The minimum atomic E-state index is 0.653. The van der Waals surface area contributed by atoms with Gasteiger partial charge in [-0.05, 0) is 52.2 Å². The summed E-state index contributed by atoms with van der Waals surface area (Å²) < 4.78 is 0. The highest BCUT2D eigenvalue weighted by Crippen LogP contribution is 2.22. The Bertz CT molecular complexity index is 403. The number of aromatic nitrogens is 1. The van der Waals surface area contributed by atoms with Crippen molar-refractivity contribution < 1.29 is 0 Å². The van der Waals surface area contributed by atoms with Gasteiger partial charge >= 0.3 is 0 Å². The first-order valence-electron chi connectivity index (χ1n) is 6.63. The Morgan fingerprint density at radius 1 is 1.44 bits per heavy atom. The SMILES string of the molecule is CNCc1cc(C)nc(N2CCC(N(C)C)C2)c1. The monoisotopic (exact) mass is 248 g/mol. The maximum absolute atomic E-state index is 4.67. The first-order chi connectivity index (χ1) is 8.60. The standard InChI is InChI=1S/C14H24N4/c1-11-7-12(9-15-2)8-14(16-11)18-6-5-13(10-18)17(3)4/h7-8,13,15H,5-6,9-10H2,1-4H3. The molecule has 4 nitrogen and oxygen atoms in total. The lowest BCUT2D eigenvalue weighted by molar-refractivity contribution is 0.315. The van der Waals surface area contributed by atoms with Crippen molar-refractivity contribution in [3.8, 4) is 0 Å². The van der Waals surface area contributed by atoms with E-state index in [0.717, 1.165) is 31.1 Å². The number of rotatable bonds is 4. The summed E-state index contributed by atoms with van der Waals surface area (Å²) in [6, 6.07) is 5.01. The fraction of sp³-hybridized carbons (Fsp3) is 0.643. The third-order valence-corrected chi connectivity index (χ3v) is 3.60. The highest BCUT2D eigenvalue weighted by atomic mass is 15.3. The minimum Gasteiger partial charge on any atom is -0.355 e. The molecule has 1 saturated heterocycles. The molecule has 0 amide bonds. The van der Waals surface area contributed by atoms with Crippen LogP contribution in [-0.4, -0.2) is 50.2 Å². The average Bonchev–Trinajstić information content (AvgIpc) is 2.78. The van der Waals surface area contributed by atoms with Crippen molar-refractivity contribution in [2.75, 3.05) is 39.1 Å². The molecule has 4 heteroatoms. The molecule has 18 heavy (non-hydrogen) atoms. The van der Waals surface area contributed by atoms with Crippen LogP contribution in [0.1, 0.15) is 17.7 Å². The molecule has 0 aromatic carbocycles. The van der Waals surface area contributed by atoms with Crippen molar-refractivity contribution in [1.82, 2.24) is 15.2 Å². The predicted octanol–water partition coefficient (Wildman–Crippen LogP) is 1.25. The van der Waals surface area contributed by atoms with Crippen LogP contribution in [0.5, 0.6) is 0 Å². The molecule has 0 saturated carbocycles. The fourth-order valence-electron chi connectivity index (χ4n) is 2.56. The van der Waals surface area contributed by atoms with Crippen molar-refractivity contribution in [2.45, 2.75) is 25.9 Å². The van der Waals surface area contributed by atoms with Crippen molar-refractivity contribution >= 4 is 5.82 Å². The van der Waals surface area contributed by atoms with Gasteiger partial charge in [0.1, 0.15) is 5.82 Å². The molecule has 1 aliphatic rings. The zero-order valence-electron chi connectivity index (χ0n) is 11.9. The van der Waals surface area contributed by atoms with Gasteiger partial charge in [0.15, 0.2) is 0 Å². The molecule has 1 aliphatic heterocycles. The molecule has 2 heterocycles. The quantitative estimate of drug-likeness (QED) is 0.869. The second-order valence-corrected chi connectivity index (χ2v) is 5.36. The van der Waals surface area contributed by atoms with E-state index in [2.05, 4.69) is 53.3 Å². The van der Waals surface area contributed by atoms with E-state index in [9.17, 15) is 0 Å². The Kier molecular flexibility index (Phi) is 4.19. The summed E-state index contributed by atoms with van der Waals surface area (Å²) >= 11 is 0. The Labute approximate surface area is 110 Å². The van der Waals surface area contributed by atoms with E-state index in [0.29, 0.717) is 6.04 Å². The molecule has 100 valence electrons. The van der Waals surface area contributed by atoms with E-state index in [4.69, 9.17) is 0 Å². The van der Waals surface area contributed by atoms with Crippen LogP contribution < -0.4 is 10.2 Å². The number of anilines is 1. The molecule has 1 N–H and O–H groups in total. The fourth-order valence-corrected chi connectivity index (χ4v) is 2.56. The van der Waals surface area contributed by atoms with Gasteiger partial charge in [-0.1, -0.05) is 0 Å². The highest BCUT2D eigenvalue weighted by molar-refractivity contribution is 5.44. The van der Waals surface area contributed by atoms with Crippen molar-refractivity contribution in [3.63, 3.8) is 0 Å². The molecule has 1 aromatic rings. The van der Waals surface area contributed by atoms with Gasteiger partial charge in [-0.2, -0.15) is 0 Å². The Morgan fingerprint density at radius 3 is 2.83 bits per heavy atom. The summed E-state index contributed by atoms with van der Waals surface area (Å²) in [5.74, 6) is 1.13. The Balaban J connectivity index is 2.13. The Morgan fingerprint density at radius 2 is 2.22 bits per heavy atom. The normalized spacial score (nSPS) is 19.8. The van der Waals surface area contributed by atoms with Crippen LogP contribution in [0.2, 0.25) is 0 Å². The zero-order valence-corrected chi connectivity index (χ0v) is 11.9. The summed E-state index contributed by atoms with van der Waals surface area (Å²) in [5.41, 5.74) is 2.42. The molecule has 1 fully saturated rings. The van der Waals surface area contributed by atoms with Crippen LogP contribution in [0, 0.1) is 6.92 Å². The van der Waals surface area contributed by atoms with Gasteiger partial charge < -0.3 is 15.1 Å². The number of aryl methyl sites for hydroxylation is 1. The number of nitrogens with zero attached hydrogens (tertiary/aromatic N) is 3. The van der Waals surface area contributed by atoms with Gasteiger partial charge in [0.25, 0.3) is 0 Å². The second kappa shape index (κ2) is 5.67. The van der Waals surface area contributed by atoms with Gasteiger partial charge in [-0.15, -0.1) is 0 Å². The minimum absolute atomic E-state index is 0.653. The van der Waals surface area contributed by atoms with E-state index in [-0.39, 0.29) is 0 Å². The molecular weight excluding hydrogens is 224 g/mol. The third-order valence-electron chi connectivity index (χ3n) is 3.60. The summed E-state index contributed by atoms with van der Waals surface area (Å²) in [4.78, 5) is 9.38. The van der Waals surface area contributed by atoms with Crippen LogP contribution in [0.4, 0.5) is 5.82 Å². The molecular formula is C14H24N4. The molecule has 0 radical (unpaired) electrons. The molecule has 2 rings (SSSR count). The second-order valence-electron chi connectivity index (χ2n) is 5.36. The zero-order chi connectivity index (χ0) is 13.1. The van der Waals surface area contributed by atoms with Crippen molar-refractivity contribution in [1.29, 1.82) is 0 Å². The summed E-state index contributed by atoms with van der Waals surface area (Å²) in [6.45, 7) is 5.17. The Hall–Kier alpha value is -1.13. The van der Waals surface area contributed by atoms with Crippen LogP contribution in [-0.2, 0) is 6.54 Å². The maximum Gasteiger partial charge on any atom is 0.129 e. The first-order valence-corrected chi connectivity index (χ1v) is 6.63.